The van der Waals surface area contributed by atoms with Gasteiger partial charge >= 0.3 is 6.03 Å². The lowest BCUT2D eigenvalue weighted by Gasteiger charge is -2.12. The van der Waals surface area contributed by atoms with Crippen LogP contribution in [0.4, 0.5) is 10.6 Å². The summed E-state index contributed by atoms with van der Waals surface area (Å²) < 4.78 is 0. The van der Waals surface area contributed by atoms with Gasteiger partial charge in [-0.2, -0.15) is 0 Å². The normalized spacial score (nSPS) is 9.69. The van der Waals surface area contributed by atoms with Gasteiger partial charge in [0.1, 0.15) is 17.2 Å². The van der Waals surface area contributed by atoms with Crippen molar-refractivity contribution < 1.29 is 4.79 Å². The van der Waals surface area contributed by atoms with Gasteiger partial charge in [0.15, 0.2) is 0 Å². The standard InChI is InChI=1S/C9H14ClN5O/c1-15(2)9(16)13-4-3-12-8-7(10)5-11-6-14-8/h5-6H,3-4H2,1-2H3,(H,13,16)(H,11,12,14). The van der Waals surface area contributed by atoms with Crippen LogP contribution in [0.1, 0.15) is 0 Å². The minimum atomic E-state index is -0.129. The highest BCUT2D eigenvalue weighted by molar-refractivity contribution is 6.32. The number of urea groups is 1. The summed E-state index contributed by atoms with van der Waals surface area (Å²) in [7, 11) is 3.37. The third kappa shape index (κ3) is 3.90. The average molecular weight is 244 g/mol. The van der Waals surface area contributed by atoms with Gasteiger partial charge in [-0.05, 0) is 0 Å². The van der Waals surface area contributed by atoms with Crippen molar-refractivity contribution in [3.05, 3.63) is 17.5 Å². The van der Waals surface area contributed by atoms with Gasteiger partial charge in [0.05, 0.1) is 6.20 Å². The summed E-state index contributed by atoms with van der Waals surface area (Å²) in [5.74, 6) is 0.566. The molecule has 6 nitrogen and oxygen atoms in total. The number of carbonyl (C=O) groups excluding carboxylic acids is 1. The van der Waals surface area contributed by atoms with Crippen LogP contribution in [-0.4, -0.2) is 48.1 Å². The Morgan fingerprint density at radius 1 is 1.50 bits per heavy atom. The second-order valence-corrected chi connectivity index (χ2v) is 3.68. The fourth-order valence-corrected chi connectivity index (χ4v) is 1.12. The molecule has 1 aromatic heterocycles. The lowest BCUT2D eigenvalue weighted by Crippen LogP contribution is -2.37. The highest BCUT2D eigenvalue weighted by atomic mass is 35.5. The van der Waals surface area contributed by atoms with Crippen molar-refractivity contribution >= 4 is 23.4 Å². The molecule has 1 rings (SSSR count). The molecule has 2 N–H and O–H groups in total. The molecular weight excluding hydrogens is 230 g/mol. The van der Waals surface area contributed by atoms with E-state index in [-0.39, 0.29) is 6.03 Å². The van der Waals surface area contributed by atoms with Gasteiger partial charge in [0.2, 0.25) is 0 Å². The van der Waals surface area contributed by atoms with Crippen molar-refractivity contribution in [1.29, 1.82) is 0 Å². The quantitative estimate of drug-likeness (QED) is 0.768. The summed E-state index contributed by atoms with van der Waals surface area (Å²) in [5.41, 5.74) is 0. The molecule has 0 atom stereocenters. The third-order valence-corrected chi connectivity index (χ3v) is 2.04. The van der Waals surface area contributed by atoms with E-state index in [4.69, 9.17) is 11.6 Å². The fourth-order valence-electron chi connectivity index (χ4n) is 0.951. The molecule has 16 heavy (non-hydrogen) atoms. The molecule has 0 bridgehead atoms. The summed E-state index contributed by atoms with van der Waals surface area (Å²) in [6, 6.07) is -0.129. The molecular formula is C9H14ClN5O. The van der Waals surface area contributed by atoms with Gasteiger partial charge in [0, 0.05) is 27.2 Å². The molecule has 88 valence electrons. The number of hydrogen-bond donors (Lipinski definition) is 2. The smallest absolute Gasteiger partial charge is 0.316 e. The predicted octanol–water partition coefficient (Wildman–Crippen LogP) is 0.813. The topological polar surface area (TPSA) is 70.2 Å². The first-order chi connectivity index (χ1) is 7.61. The van der Waals surface area contributed by atoms with E-state index in [0.717, 1.165) is 0 Å². The van der Waals surface area contributed by atoms with Crippen molar-refractivity contribution in [2.24, 2.45) is 0 Å². The number of anilines is 1. The van der Waals surface area contributed by atoms with E-state index in [1.807, 2.05) is 0 Å². The third-order valence-electron chi connectivity index (χ3n) is 1.77. The summed E-state index contributed by atoms with van der Waals surface area (Å²) >= 11 is 5.83. The first-order valence-electron chi connectivity index (χ1n) is 4.76. The Balaban J connectivity index is 2.26. The van der Waals surface area contributed by atoms with Crippen molar-refractivity contribution in [2.75, 3.05) is 32.5 Å². The van der Waals surface area contributed by atoms with Crippen LogP contribution in [0.5, 0.6) is 0 Å². The Morgan fingerprint density at radius 3 is 2.88 bits per heavy atom. The van der Waals surface area contributed by atoms with E-state index >= 15 is 0 Å². The molecule has 0 aromatic carbocycles. The van der Waals surface area contributed by atoms with Gasteiger partial charge in [-0.25, -0.2) is 14.8 Å². The molecule has 0 spiro atoms. The zero-order valence-electron chi connectivity index (χ0n) is 9.20. The van der Waals surface area contributed by atoms with Crippen molar-refractivity contribution in [1.82, 2.24) is 20.2 Å². The van der Waals surface area contributed by atoms with E-state index in [1.54, 1.807) is 14.1 Å². The molecule has 0 unspecified atom stereocenters. The number of nitrogens with one attached hydrogen (secondary N) is 2. The largest absolute Gasteiger partial charge is 0.367 e. The summed E-state index contributed by atoms with van der Waals surface area (Å²) in [5, 5.41) is 6.16. The molecule has 0 aliphatic carbocycles. The molecule has 0 saturated heterocycles. The van der Waals surface area contributed by atoms with Crippen LogP contribution in [0, 0.1) is 0 Å². The SMILES string of the molecule is CN(C)C(=O)NCCNc1ncncc1Cl. The van der Waals surface area contributed by atoms with Crippen LogP contribution >= 0.6 is 11.6 Å². The summed E-state index contributed by atoms with van der Waals surface area (Å²) in [6.45, 7) is 1.05. The highest BCUT2D eigenvalue weighted by Gasteiger charge is 2.02. The predicted molar refractivity (Wildman–Crippen MR) is 62.6 cm³/mol. The van der Waals surface area contributed by atoms with Crippen LogP contribution in [0.3, 0.4) is 0 Å². The van der Waals surface area contributed by atoms with Gasteiger partial charge in [-0.3, -0.25) is 0 Å². The van der Waals surface area contributed by atoms with Gasteiger partial charge in [0.25, 0.3) is 0 Å². The lowest BCUT2D eigenvalue weighted by molar-refractivity contribution is 0.218. The van der Waals surface area contributed by atoms with Crippen LogP contribution in [0.25, 0.3) is 0 Å². The van der Waals surface area contributed by atoms with Crippen molar-refractivity contribution in [2.45, 2.75) is 0 Å². The van der Waals surface area contributed by atoms with Gasteiger partial charge in [-0.1, -0.05) is 11.6 Å². The zero-order valence-corrected chi connectivity index (χ0v) is 9.95. The molecule has 0 radical (unpaired) electrons. The molecule has 1 aromatic rings. The Bertz CT molecular complexity index is 358. The molecule has 0 aliphatic heterocycles. The minimum absolute atomic E-state index is 0.129. The maximum atomic E-state index is 11.2. The van der Waals surface area contributed by atoms with Crippen LogP contribution in [0.2, 0.25) is 5.02 Å². The number of hydrogen-bond acceptors (Lipinski definition) is 4. The zero-order chi connectivity index (χ0) is 12.0. The Labute approximate surface area is 99.0 Å². The van der Waals surface area contributed by atoms with Gasteiger partial charge < -0.3 is 15.5 Å². The second-order valence-electron chi connectivity index (χ2n) is 3.27. The Hall–Kier alpha value is -1.56. The average Bonchev–Trinajstić information content (AvgIpc) is 2.26. The molecule has 2 amide bonds. The second kappa shape index (κ2) is 6.12. The van der Waals surface area contributed by atoms with Crippen LogP contribution in [-0.2, 0) is 0 Å². The molecule has 0 aliphatic rings. The number of nitrogens with zero attached hydrogens (tertiary/aromatic N) is 3. The molecule has 7 heteroatoms. The molecule has 0 saturated carbocycles. The first-order valence-corrected chi connectivity index (χ1v) is 5.13. The molecule has 1 heterocycles. The Morgan fingerprint density at radius 2 is 2.25 bits per heavy atom. The summed E-state index contributed by atoms with van der Waals surface area (Å²) in [4.78, 5) is 20.3. The van der Waals surface area contributed by atoms with E-state index in [0.29, 0.717) is 23.9 Å². The minimum Gasteiger partial charge on any atom is -0.367 e. The first kappa shape index (κ1) is 12.5. The maximum Gasteiger partial charge on any atom is 0.316 e. The van der Waals surface area contributed by atoms with E-state index < -0.39 is 0 Å². The molecule has 0 fully saturated rings. The van der Waals surface area contributed by atoms with E-state index in [1.165, 1.54) is 17.4 Å². The maximum absolute atomic E-state index is 11.2. The van der Waals surface area contributed by atoms with Crippen molar-refractivity contribution in [3.8, 4) is 0 Å². The van der Waals surface area contributed by atoms with Crippen molar-refractivity contribution in [3.63, 3.8) is 0 Å². The fraction of sp³-hybridized carbons (Fsp3) is 0.444. The van der Waals surface area contributed by atoms with E-state index in [9.17, 15) is 4.79 Å². The lowest BCUT2D eigenvalue weighted by atomic mass is 10.5. The van der Waals surface area contributed by atoms with Crippen LogP contribution < -0.4 is 10.6 Å². The Kier molecular flexibility index (Phi) is 4.78. The monoisotopic (exact) mass is 243 g/mol. The van der Waals surface area contributed by atoms with Gasteiger partial charge in [-0.15, -0.1) is 0 Å². The van der Waals surface area contributed by atoms with E-state index in [2.05, 4.69) is 20.6 Å². The number of aromatic nitrogens is 2. The summed E-state index contributed by atoms with van der Waals surface area (Å²) in [6.07, 6.45) is 2.92. The number of carbonyl (C=O) groups is 1. The number of amides is 2. The number of rotatable bonds is 4. The number of halogens is 1. The van der Waals surface area contributed by atoms with Crippen LogP contribution in [0.15, 0.2) is 12.5 Å². The highest BCUT2D eigenvalue weighted by Crippen LogP contribution is 2.15.